The molecule has 158 valence electrons. The summed E-state index contributed by atoms with van der Waals surface area (Å²) in [5, 5.41) is 3.01. The SMILES string of the molecule is CC(C)NS(=O)(=O)Cc1ccccc1CN=C(N)N1CCN(c2nccs2)CC1. The Morgan fingerprint density at radius 1 is 1.24 bits per heavy atom. The fourth-order valence-corrected chi connectivity index (χ4v) is 5.41. The second-order valence-electron chi connectivity index (χ2n) is 7.26. The molecule has 1 aromatic carbocycles. The molecule has 29 heavy (non-hydrogen) atoms. The van der Waals surface area contributed by atoms with Gasteiger partial charge in [0.15, 0.2) is 11.1 Å². The van der Waals surface area contributed by atoms with Crippen molar-refractivity contribution < 1.29 is 8.42 Å². The number of guanidine groups is 1. The molecule has 0 aliphatic carbocycles. The van der Waals surface area contributed by atoms with E-state index in [0.29, 0.717) is 12.5 Å². The first-order valence-corrected chi connectivity index (χ1v) is 12.1. The Kier molecular flexibility index (Phi) is 7.09. The summed E-state index contributed by atoms with van der Waals surface area (Å²) >= 11 is 1.64. The van der Waals surface area contributed by atoms with E-state index in [2.05, 4.69) is 24.5 Å². The Hall–Kier alpha value is -2.17. The number of hydrogen-bond donors (Lipinski definition) is 2. The maximum Gasteiger partial charge on any atom is 0.216 e. The predicted octanol–water partition coefficient (Wildman–Crippen LogP) is 1.61. The normalized spacial score (nSPS) is 15.9. The summed E-state index contributed by atoms with van der Waals surface area (Å²) in [7, 11) is -3.39. The van der Waals surface area contributed by atoms with E-state index in [1.165, 1.54) is 0 Å². The summed E-state index contributed by atoms with van der Waals surface area (Å²) in [6, 6.07) is 7.32. The molecule has 0 spiro atoms. The predicted molar refractivity (Wildman–Crippen MR) is 119 cm³/mol. The number of thiazole rings is 1. The number of nitrogens with zero attached hydrogens (tertiary/aromatic N) is 4. The Morgan fingerprint density at radius 2 is 1.93 bits per heavy atom. The number of benzene rings is 1. The van der Waals surface area contributed by atoms with E-state index < -0.39 is 10.0 Å². The Balaban J connectivity index is 1.61. The van der Waals surface area contributed by atoms with Gasteiger partial charge in [-0.3, -0.25) is 0 Å². The van der Waals surface area contributed by atoms with Crippen LogP contribution in [0.15, 0.2) is 40.8 Å². The van der Waals surface area contributed by atoms with Gasteiger partial charge in [0.2, 0.25) is 10.0 Å². The average molecular weight is 437 g/mol. The lowest BCUT2D eigenvalue weighted by Gasteiger charge is -2.35. The minimum Gasteiger partial charge on any atom is -0.370 e. The van der Waals surface area contributed by atoms with E-state index in [-0.39, 0.29) is 11.8 Å². The summed E-state index contributed by atoms with van der Waals surface area (Å²) < 4.78 is 27.2. The third kappa shape index (κ3) is 6.15. The zero-order valence-corrected chi connectivity index (χ0v) is 18.4. The Labute approximate surface area is 176 Å². The van der Waals surface area contributed by atoms with Crippen LogP contribution < -0.4 is 15.4 Å². The minimum absolute atomic E-state index is 0.0662. The van der Waals surface area contributed by atoms with E-state index in [1.54, 1.807) is 11.3 Å². The van der Waals surface area contributed by atoms with Crippen molar-refractivity contribution in [1.29, 1.82) is 0 Å². The van der Waals surface area contributed by atoms with Crippen molar-refractivity contribution >= 4 is 32.5 Å². The van der Waals surface area contributed by atoms with Crippen molar-refractivity contribution in [3.63, 3.8) is 0 Å². The van der Waals surface area contributed by atoms with E-state index in [4.69, 9.17) is 5.73 Å². The molecule has 10 heteroatoms. The molecule has 0 atom stereocenters. The van der Waals surface area contributed by atoms with Crippen LogP contribution in [0.4, 0.5) is 5.13 Å². The van der Waals surface area contributed by atoms with Crippen LogP contribution in [0.3, 0.4) is 0 Å². The monoisotopic (exact) mass is 436 g/mol. The average Bonchev–Trinajstić information content (AvgIpc) is 3.20. The van der Waals surface area contributed by atoms with E-state index in [1.807, 2.05) is 49.7 Å². The maximum atomic E-state index is 12.3. The molecule has 3 N–H and O–H groups in total. The fraction of sp³-hybridized carbons (Fsp3) is 0.474. The molecule has 2 heterocycles. The molecule has 0 radical (unpaired) electrons. The van der Waals surface area contributed by atoms with Crippen molar-refractivity contribution in [2.24, 2.45) is 10.7 Å². The number of piperazine rings is 1. The quantitative estimate of drug-likeness (QED) is 0.505. The van der Waals surface area contributed by atoms with Gasteiger partial charge in [0.25, 0.3) is 0 Å². The molecule has 1 aromatic heterocycles. The second-order valence-corrected chi connectivity index (χ2v) is 9.89. The third-order valence-electron chi connectivity index (χ3n) is 4.58. The number of hydrogen-bond acceptors (Lipinski definition) is 6. The molecule has 0 amide bonds. The van der Waals surface area contributed by atoms with Crippen molar-refractivity contribution in [3.05, 3.63) is 47.0 Å². The highest BCUT2D eigenvalue weighted by Gasteiger charge is 2.20. The van der Waals surface area contributed by atoms with E-state index in [0.717, 1.165) is 42.4 Å². The first kappa shape index (κ1) is 21.5. The fourth-order valence-electron chi connectivity index (χ4n) is 3.22. The number of nitrogens with two attached hydrogens (primary N) is 1. The first-order chi connectivity index (χ1) is 13.8. The highest BCUT2D eigenvalue weighted by atomic mass is 32.2. The molecule has 2 aromatic rings. The highest BCUT2D eigenvalue weighted by Crippen LogP contribution is 2.19. The van der Waals surface area contributed by atoms with Gasteiger partial charge in [-0.25, -0.2) is 23.1 Å². The third-order valence-corrected chi connectivity index (χ3v) is 6.94. The van der Waals surface area contributed by atoms with Gasteiger partial charge >= 0.3 is 0 Å². The molecule has 3 rings (SSSR count). The summed E-state index contributed by atoms with van der Waals surface area (Å²) in [6.07, 6.45) is 1.82. The number of sulfonamides is 1. The van der Waals surface area contributed by atoms with Gasteiger partial charge < -0.3 is 15.5 Å². The summed E-state index contributed by atoms with van der Waals surface area (Å²) in [4.78, 5) is 13.2. The van der Waals surface area contributed by atoms with Crippen molar-refractivity contribution in [2.45, 2.75) is 32.2 Å². The molecule has 1 aliphatic heterocycles. The van der Waals surface area contributed by atoms with Crippen molar-refractivity contribution in [3.8, 4) is 0 Å². The Bertz CT molecular complexity index is 920. The minimum atomic E-state index is -3.39. The molecule has 1 aliphatic rings. The van der Waals surface area contributed by atoms with Crippen LogP contribution in [0, 0.1) is 0 Å². The molecule has 0 unspecified atom stereocenters. The molecule has 1 saturated heterocycles. The first-order valence-electron chi connectivity index (χ1n) is 9.60. The van der Waals surface area contributed by atoms with Gasteiger partial charge in [-0.05, 0) is 25.0 Å². The largest absolute Gasteiger partial charge is 0.370 e. The molecule has 8 nitrogen and oxygen atoms in total. The van der Waals surface area contributed by atoms with Gasteiger partial charge in [-0.1, -0.05) is 24.3 Å². The zero-order valence-electron chi connectivity index (χ0n) is 16.8. The van der Waals surface area contributed by atoms with Crippen LogP contribution in [0.5, 0.6) is 0 Å². The second kappa shape index (κ2) is 9.55. The maximum absolute atomic E-state index is 12.3. The van der Waals surface area contributed by atoms with Gasteiger partial charge in [-0.2, -0.15) is 0 Å². The highest BCUT2D eigenvalue weighted by molar-refractivity contribution is 7.88. The molecular formula is C19H28N6O2S2. The zero-order chi connectivity index (χ0) is 20.9. The van der Waals surface area contributed by atoms with Gasteiger partial charge in [0.1, 0.15) is 0 Å². The Morgan fingerprint density at radius 3 is 2.55 bits per heavy atom. The van der Waals surface area contributed by atoms with Crippen LogP contribution >= 0.6 is 11.3 Å². The van der Waals surface area contributed by atoms with E-state index >= 15 is 0 Å². The van der Waals surface area contributed by atoms with E-state index in [9.17, 15) is 8.42 Å². The van der Waals surface area contributed by atoms with Crippen LogP contribution in [-0.4, -0.2) is 56.5 Å². The van der Waals surface area contributed by atoms with Crippen molar-refractivity contribution in [1.82, 2.24) is 14.6 Å². The number of anilines is 1. The summed E-state index contributed by atoms with van der Waals surface area (Å²) in [5.41, 5.74) is 7.83. The molecular weight excluding hydrogens is 408 g/mol. The lowest BCUT2D eigenvalue weighted by molar-refractivity contribution is 0.380. The van der Waals surface area contributed by atoms with Crippen LogP contribution in [0.1, 0.15) is 25.0 Å². The summed E-state index contributed by atoms with van der Waals surface area (Å²) in [5.74, 6) is 0.422. The molecule has 0 saturated carbocycles. The van der Waals surface area contributed by atoms with Crippen LogP contribution in [-0.2, 0) is 22.3 Å². The lowest BCUT2D eigenvalue weighted by Crippen LogP contribution is -2.51. The number of aromatic nitrogens is 1. The van der Waals surface area contributed by atoms with Crippen LogP contribution in [0.2, 0.25) is 0 Å². The number of nitrogens with one attached hydrogen (secondary N) is 1. The topological polar surface area (TPSA) is 104 Å². The molecule has 1 fully saturated rings. The standard InChI is InChI=1S/C19H28N6O2S2/c1-15(2)23-29(26,27)14-17-6-4-3-5-16(17)13-22-18(20)24-8-10-25(11-9-24)19-21-7-12-28-19/h3-7,12,15,23H,8-11,13-14H2,1-2H3,(H2,20,22). The lowest BCUT2D eigenvalue weighted by atomic mass is 10.1. The summed E-state index contributed by atoms with van der Waals surface area (Å²) in [6.45, 7) is 7.22. The number of rotatable bonds is 7. The van der Waals surface area contributed by atoms with Crippen molar-refractivity contribution in [2.75, 3.05) is 31.1 Å². The van der Waals surface area contributed by atoms with Gasteiger partial charge in [-0.15, -0.1) is 11.3 Å². The van der Waals surface area contributed by atoms with Gasteiger partial charge in [0, 0.05) is 43.8 Å². The molecule has 0 bridgehead atoms. The number of aliphatic imine (C=N–C) groups is 1. The van der Waals surface area contributed by atoms with Crippen LogP contribution in [0.25, 0.3) is 0 Å². The van der Waals surface area contributed by atoms with Gasteiger partial charge in [0.05, 0.1) is 12.3 Å². The smallest absolute Gasteiger partial charge is 0.216 e.